The van der Waals surface area contributed by atoms with Crippen LogP contribution in [0, 0.1) is 6.92 Å². The van der Waals surface area contributed by atoms with Gasteiger partial charge in [-0.1, -0.05) is 0 Å². The number of benzene rings is 2. The van der Waals surface area contributed by atoms with Crippen molar-refractivity contribution in [2.75, 3.05) is 17.2 Å². The second-order valence-corrected chi connectivity index (χ2v) is 12.2. The molecule has 4 N–H and O–H groups in total. The maximum absolute atomic E-state index is 12.1. The van der Waals surface area contributed by atoms with Crippen LogP contribution in [0.3, 0.4) is 0 Å². The van der Waals surface area contributed by atoms with E-state index < -0.39 is 17.2 Å². The van der Waals surface area contributed by atoms with E-state index in [1.807, 2.05) is 77.9 Å². The normalized spacial score (nSPS) is 11.7. The molecule has 14 heteroatoms. The molecule has 2 aromatic carbocycles. The quantitative estimate of drug-likeness (QED) is 0.163. The molecule has 0 saturated heterocycles. The molecule has 0 radical (unpaired) electrons. The lowest BCUT2D eigenvalue weighted by molar-refractivity contribution is 0.0516. The molecule has 0 spiro atoms. The molecule has 13 nitrogen and oxygen atoms in total. The summed E-state index contributed by atoms with van der Waals surface area (Å²) in [6, 6.07) is 13.2. The number of carbonyl (C=O) groups is 1. The number of aryl methyl sites for hydroxylation is 1. The van der Waals surface area contributed by atoms with Gasteiger partial charge in [0, 0.05) is 29.4 Å². The van der Waals surface area contributed by atoms with E-state index in [2.05, 4.69) is 46.4 Å². The number of thiocarbonyl (C=S) groups is 1. The van der Waals surface area contributed by atoms with E-state index >= 15 is 0 Å². The number of alkyl carbamates (subject to hydrolysis) is 1. The van der Waals surface area contributed by atoms with Gasteiger partial charge in [-0.25, -0.2) is 19.7 Å². The van der Waals surface area contributed by atoms with Crippen molar-refractivity contribution in [1.29, 1.82) is 0 Å². The number of ether oxygens (including phenoxy) is 2. The zero-order valence-electron chi connectivity index (χ0n) is 25.3. The summed E-state index contributed by atoms with van der Waals surface area (Å²) >= 11 is 5.57. The van der Waals surface area contributed by atoms with Gasteiger partial charge < -0.3 is 30.7 Å². The average molecular weight is 615 g/mol. The standard InChI is InChI=1S/C30H34N10O3S/c1-18-11-19(8-10-23(18)42-25-13-24-39-35-17-40(24)16-34-25)36-26-21-12-20(7-9-22(21)32-15-33-26)37-27(44)38-30(5,6)14-31-28(41)43-29(2,3)4/h7-13,15-17H,14H2,1-6H3,(H,31,41)(H,32,33,36)(H2,37,38,44). The highest BCUT2D eigenvalue weighted by Gasteiger charge is 2.22. The van der Waals surface area contributed by atoms with Crippen LogP contribution >= 0.6 is 12.2 Å². The van der Waals surface area contributed by atoms with E-state index in [1.54, 1.807) is 23.1 Å². The van der Waals surface area contributed by atoms with Crippen molar-refractivity contribution < 1.29 is 14.3 Å². The molecule has 1 amide bonds. The summed E-state index contributed by atoms with van der Waals surface area (Å²) in [7, 11) is 0. The van der Waals surface area contributed by atoms with E-state index in [0.717, 1.165) is 27.8 Å². The number of fused-ring (bicyclic) bond motifs is 2. The summed E-state index contributed by atoms with van der Waals surface area (Å²) in [5, 5.41) is 21.7. The zero-order valence-corrected chi connectivity index (χ0v) is 26.1. The highest BCUT2D eigenvalue weighted by Crippen LogP contribution is 2.30. The summed E-state index contributed by atoms with van der Waals surface area (Å²) in [5.74, 6) is 1.72. The molecule has 0 aliphatic heterocycles. The number of rotatable bonds is 8. The molecule has 3 heterocycles. The molecule has 0 aliphatic rings. The largest absolute Gasteiger partial charge is 0.444 e. The Kier molecular flexibility index (Phi) is 8.45. The maximum Gasteiger partial charge on any atom is 0.407 e. The Labute approximate surface area is 259 Å². The lowest BCUT2D eigenvalue weighted by atomic mass is 10.1. The highest BCUT2D eigenvalue weighted by molar-refractivity contribution is 7.80. The van der Waals surface area contributed by atoms with Crippen LogP contribution in [0.2, 0.25) is 0 Å². The van der Waals surface area contributed by atoms with E-state index in [9.17, 15) is 4.79 Å². The monoisotopic (exact) mass is 614 g/mol. The second-order valence-electron chi connectivity index (χ2n) is 11.8. The molecule has 0 bridgehead atoms. The van der Waals surface area contributed by atoms with E-state index in [0.29, 0.717) is 34.8 Å². The van der Waals surface area contributed by atoms with Crippen LogP contribution in [0.4, 0.5) is 22.0 Å². The molecule has 0 aliphatic carbocycles. The first-order chi connectivity index (χ1) is 20.8. The minimum atomic E-state index is -0.574. The van der Waals surface area contributed by atoms with Gasteiger partial charge in [-0.05, 0) is 95.7 Å². The van der Waals surface area contributed by atoms with Crippen LogP contribution in [-0.4, -0.2) is 58.4 Å². The predicted octanol–water partition coefficient (Wildman–Crippen LogP) is 5.50. The van der Waals surface area contributed by atoms with Gasteiger partial charge >= 0.3 is 6.09 Å². The van der Waals surface area contributed by atoms with Crippen LogP contribution in [-0.2, 0) is 4.74 Å². The molecule has 5 rings (SSSR count). The number of aromatic nitrogens is 6. The van der Waals surface area contributed by atoms with Gasteiger partial charge in [0.1, 0.15) is 36.2 Å². The van der Waals surface area contributed by atoms with Crippen molar-refractivity contribution in [3.8, 4) is 11.6 Å². The Hall–Kier alpha value is -5.11. The third-order valence-corrected chi connectivity index (χ3v) is 6.44. The molecule has 3 aromatic heterocycles. The zero-order chi connectivity index (χ0) is 31.5. The maximum atomic E-state index is 12.1. The van der Waals surface area contributed by atoms with Crippen LogP contribution in [0.1, 0.15) is 40.2 Å². The third kappa shape index (κ3) is 7.83. The van der Waals surface area contributed by atoms with Gasteiger partial charge in [-0.2, -0.15) is 0 Å². The van der Waals surface area contributed by atoms with Crippen LogP contribution in [0.5, 0.6) is 11.6 Å². The molecule has 0 atom stereocenters. The molecule has 0 saturated carbocycles. The van der Waals surface area contributed by atoms with Crippen LogP contribution in [0.25, 0.3) is 16.6 Å². The number of nitrogens with zero attached hydrogens (tertiary/aromatic N) is 6. The Balaban J connectivity index is 1.25. The van der Waals surface area contributed by atoms with Crippen molar-refractivity contribution in [2.45, 2.75) is 52.7 Å². The van der Waals surface area contributed by atoms with Crippen molar-refractivity contribution in [2.24, 2.45) is 0 Å². The molecule has 5 aromatic rings. The van der Waals surface area contributed by atoms with Gasteiger partial charge in [-0.15, -0.1) is 10.2 Å². The summed E-state index contributed by atoms with van der Waals surface area (Å²) in [5.41, 5.74) is 2.77. The Morgan fingerprint density at radius 1 is 0.977 bits per heavy atom. The summed E-state index contributed by atoms with van der Waals surface area (Å²) in [6.07, 6.45) is 4.21. The second kappa shape index (κ2) is 12.2. The molecule has 0 unspecified atom stereocenters. The number of hydrogen-bond acceptors (Lipinski definition) is 10. The molecule has 228 valence electrons. The van der Waals surface area contributed by atoms with Crippen molar-refractivity contribution in [1.82, 2.24) is 40.2 Å². The molecular formula is C30H34N10O3S. The summed E-state index contributed by atoms with van der Waals surface area (Å²) in [6.45, 7) is 11.6. The van der Waals surface area contributed by atoms with E-state index in [4.69, 9.17) is 21.7 Å². The van der Waals surface area contributed by atoms with Gasteiger partial charge in [0.2, 0.25) is 5.88 Å². The smallest absolute Gasteiger partial charge is 0.407 e. The first-order valence-corrected chi connectivity index (χ1v) is 14.3. The fourth-order valence-corrected chi connectivity index (χ4v) is 4.61. The van der Waals surface area contributed by atoms with Gasteiger partial charge in [0.15, 0.2) is 10.8 Å². The first kappa shape index (κ1) is 30.4. The minimum absolute atomic E-state index is 0.306. The van der Waals surface area contributed by atoms with E-state index in [1.165, 1.54) is 6.33 Å². The van der Waals surface area contributed by atoms with Gasteiger partial charge in [0.05, 0.1) is 11.1 Å². The first-order valence-electron chi connectivity index (χ1n) is 13.9. The summed E-state index contributed by atoms with van der Waals surface area (Å²) in [4.78, 5) is 25.3. The van der Waals surface area contributed by atoms with Gasteiger partial charge in [0.25, 0.3) is 0 Å². The average Bonchev–Trinajstić information content (AvgIpc) is 3.41. The number of carbonyl (C=O) groups excluding carboxylic acids is 1. The number of hydrogen-bond donors (Lipinski definition) is 4. The van der Waals surface area contributed by atoms with Gasteiger partial charge in [-0.3, -0.25) is 4.40 Å². The Morgan fingerprint density at radius 2 is 1.77 bits per heavy atom. The van der Waals surface area contributed by atoms with Crippen molar-refractivity contribution in [3.05, 3.63) is 67.0 Å². The Morgan fingerprint density at radius 3 is 2.55 bits per heavy atom. The SMILES string of the molecule is Cc1cc(Nc2ncnc3ccc(NC(=S)NC(C)(C)CNC(=O)OC(C)(C)C)cc23)ccc1Oc1cc2nncn2cn1. The highest BCUT2D eigenvalue weighted by atomic mass is 32.1. The molecule has 0 fully saturated rings. The van der Waals surface area contributed by atoms with Crippen LogP contribution < -0.4 is 26.0 Å². The fourth-order valence-electron chi connectivity index (χ4n) is 4.21. The number of anilines is 3. The topological polar surface area (TPSA) is 153 Å². The van der Waals surface area contributed by atoms with Crippen molar-refractivity contribution in [3.63, 3.8) is 0 Å². The predicted molar refractivity (Wildman–Crippen MR) is 173 cm³/mol. The van der Waals surface area contributed by atoms with Crippen molar-refractivity contribution >= 4 is 57.2 Å². The van der Waals surface area contributed by atoms with Crippen LogP contribution in [0.15, 0.2) is 61.4 Å². The Bertz CT molecular complexity index is 1830. The lowest BCUT2D eigenvalue weighted by Gasteiger charge is -2.29. The lowest BCUT2D eigenvalue weighted by Crippen LogP contribution is -2.53. The number of nitrogens with one attached hydrogen (secondary N) is 4. The van der Waals surface area contributed by atoms with E-state index in [-0.39, 0.29) is 0 Å². The summed E-state index contributed by atoms with van der Waals surface area (Å²) < 4.78 is 13.0. The molecule has 44 heavy (non-hydrogen) atoms. The third-order valence-electron chi connectivity index (χ3n) is 6.23. The molecular weight excluding hydrogens is 580 g/mol. The fraction of sp³-hybridized carbons (Fsp3) is 0.300. The number of amides is 1. The minimum Gasteiger partial charge on any atom is -0.444 e.